The molecule has 0 saturated heterocycles. The predicted octanol–water partition coefficient (Wildman–Crippen LogP) is 2.46. The van der Waals surface area contributed by atoms with Gasteiger partial charge in [0.05, 0.1) is 13.2 Å². The van der Waals surface area contributed by atoms with Gasteiger partial charge in [-0.2, -0.15) is 0 Å². The fourth-order valence-electron chi connectivity index (χ4n) is 1.54. The lowest BCUT2D eigenvalue weighted by Crippen LogP contribution is -2.08. The van der Waals surface area contributed by atoms with E-state index in [9.17, 15) is 9.59 Å². The second-order valence-electron chi connectivity index (χ2n) is 4.77. The number of allylic oxidation sites excluding steroid dienone is 2. The molecule has 0 aliphatic rings. The van der Waals surface area contributed by atoms with Crippen LogP contribution in [0.4, 0.5) is 0 Å². The van der Waals surface area contributed by atoms with Gasteiger partial charge < -0.3 is 15.2 Å². The largest absolute Gasteiger partial charge is 0.493 e. The van der Waals surface area contributed by atoms with Gasteiger partial charge in [-0.25, -0.2) is 4.79 Å². The molecular weight excluding hydrogens is 282 g/mol. The van der Waals surface area contributed by atoms with Gasteiger partial charge >= 0.3 is 5.97 Å². The number of carbonyl (C=O) groups is 2. The molecule has 118 valence electrons. The summed E-state index contributed by atoms with van der Waals surface area (Å²) in [4.78, 5) is 22.0. The van der Waals surface area contributed by atoms with E-state index in [1.54, 1.807) is 13.0 Å². The van der Waals surface area contributed by atoms with Crippen molar-refractivity contribution in [2.24, 2.45) is 5.73 Å². The highest BCUT2D eigenvalue weighted by Crippen LogP contribution is 2.13. The van der Waals surface area contributed by atoms with Crippen molar-refractivity contribution < 1.29 is 19.1 Å². The molecule has 0 aliphatic heterocycles. The van der Waals surface area contributed by atoms with Gasteiger partial charge in [-0.3, -0.25) is 4.79 Å². The molecule has 0 heterocycles. The van der Waals surface area contributed by atoms with Crippen LogP contribution in [0.5, 0.6) is 5.75 Å². The summed E-state index contributed by atoms with van der Waals surface area (Å²) in [6.45, 7) is 3.86. The number of esters is 1. The van der Waals surface area contributed by atoms with Gasteiger partial charge in [0.2, 0.25) is 0 Å². The van der Waals surface area contributed by atoms with Crippen LogP contribution in [-0.4, -0.2) is 25.0 Å². The first-order valence-corrected chi connectivity index (χ1v) is 6.99. The van der Waals surface area contributed by atoms with Crippen molar-refractivity contribution in [3.63, 3.8) is 0 Å². The lowest BCUT2D eigenvalue weighted by molar-refractivity contribution is -0.138. The Kier molecular flexibility index (Phi) is 7.47. The predicted molar refractivity (Wildman–Crippen MR) is 85.2 cm³/mol. The first kappa shape index (κ1) is 17.5. The highest BCUT2D eigenvalue weighted by Gasteiger charge is 1.99. The Morgan fingerprint density at radius 1 is 1.14 bits per heavy atom. The van der Waals surface area contributed by atoms with Crippen molar-refractivity contribution in [3.05, 3.63) is 47.7 Å². The molecule has 2 N–H and O–H groups in total. The molecule has 0 bridgehead atoms. The summed E-state index contributed by atoms with van der Waals surface area (Å²) in [7, 11) is 0. The number of ketones is 1. The Balaban J connectivity index is 2.27. The summed E-state index contributed by atoms with van der Waals surface area (Å²) < 4.78 is 10.5. The van der Waals surface area contributed by atoms with Crippen LogP contribution in [0.1, 0.15) is 25.8 Å². The third-order valence-electron chi connectivity index (χ3n) is 2.54. The van der Waals surface area contributed by atoms with Crippen LogP contribution in [0.2, 0.25) is 0 Å². The zero-order valence-electron chi connectivity index (χ0n) is 12.9. The molecule has 0 unspecified atom stereocenters. The van der Waals surface area contributed by atoms with Gasteiger partial charge in [-0.15, -0.1) is 0 Å². The fourth-order valence-corrected chi connectivity index (χ4v) is 1.54. The summed E-state index contributed by atoms with van der Waals surface area (Å²) in [5, 5.41) is 0. The van der Waals surface area contributed by atoms with Crippen LogP contribution in [0.25, 0.3) is 6.08 Å². The van der Waals surface area contributed by atoms with Crippen LogP contribution in [0, 0.1) is 0 Å². The zero-order chi connectivity index (χ0) is 16.4. The molecule has 0 aliphatic carbocycles. The Labute approximate surface area is 130 Å². The van der Waals surface area contributed by atoms with Crippen molar-refractivity contribution >= 4 is 17.8 Å². The number of hydrogen-bond donors (Lipinski definition) is 1. The summed E-state index contributed by atoms with van der Waals surface area (Å²) in [5.41, 5.74) is 6.71. The minimum atomic E-state index is -0.443. The Morgan fingerprint density at radius 3 is 2.41 bits per heavy atom. The topological polar surface area (TPSA) is 78.6 Å². The smallest absolute Gasteiger partial charge is 0.332 e. The van der Waals surface area contributed by atoms with E-state index in [-0.39, 0.29) is 12.4 Å². The Hall–Kier alpha value is -2.56. The maximum atomic E-state index is 11.2. The molecule has 1 aromatic rings. The quantitative estimate of drug-likeness (QED) is 0.453. The van der Waals surface area contributed by atoms with E-state index >= 15 is 0 Å². The van der Waals surface area contributed by atoms with Gasteiger partial charge in [-0.05, 0) is 37.6 Å². The third-order valence-corrected chi connectivity index (χ3v) is 2.54. The average Bonchev–Trinajstić information content (AvgIpc) is 2.45. The fraction of sp³-hybridized carbons (Fsp3) is 0.294. The van der Waals surface area contributed by atoms with Gasteiger partial charge in [0, 0.05) is 18.2 Å². The molecule has 1 aromatic carbocycles. The van der Waals surface area contributed by atoms with E-state index in [0.717, 1.165) is 11.3 Å². The highest BCUT2D eigenvalue weighted by atomic mass is 16.5. The maximum Gasteiger partial charge on any atom is 0.332 e. The first-order valence-electron chi connectivity index (χ1n) is 6.99. The molecule has 0 amide bonds. The van der Waals surface area contributed by atoms with Gasteiger partial charge in [-0.1, -0.05) is 18.2 Å². The number of nitrogens with two attached hydrogens (primary N) is 1. The second kappa shape index (κ2) is 9.39. The van der Waals surface area contributed by atoms with Crippen molar-refractivity contribution in [3.8, 4) is 5.75 Å². The standard InChI is InChI=1S/C17H21NO4/c1-13(18)12-17(20)22-11-3-10-21-16-8-6-15(7-9-16)5-4-14(2)19/h4-9,12H,3,10-11,18H2,1-2H3. The molecule has 0 spiro atoms. The second-order valence-corrected chi connectivity index (χ2v) is 4.77. The summed E-state index contributed by atoms with van der Waals surface area (Å²) in [6.07, 6.45) is 5.10. The van der Waals surface area contributed by atoms with E-state index in [0.29, 0.717) is 18.7 Å². The minimum Gasteiger partial charge on any atom is -0.493 e. The highest BCUT2D eigenvalue weighted by molar-refractivity contribution is 5.91. The van der Waals surface area contributed by atoms with Crippen LogP contribution in [0.15, 0.2) is 42.1 Å². The molecule has 5 heteroatoms. The van der Waals surface area contributed by atoms with Crippen molar-refractivity contribution in [1.82, 2.24) is 0 Å². The van der Waals surface area contributed by atoms with Gasteiger partial charge in [0.25, 0.3) is 0 Å². The molecular formula is C17H21NO4. The van der Waals surface area contributed by atoms with E-state index < -0.39 is 5.97 Å². The Morgan fingerprint density at radius 2 is 1.82 bits per heavy atom. The third kappa shape index (κ3) is 7.89. The Bertz CT molecular complexity index is 555. The van der Waals surface area contributed by atoms with E-state index in [2.05, 4.69) is 0 Å². The van der Waals surface area contributed by atoms with Crippen LogP contribution >= 0.6 is 0 Å². The van der Waals surface area contributed by atoms with Crippen molar-refractivity contribution in [2.45, 2.75) is 20.3 Å². The zero-order valence-corrected chi connectivity index (χ0v) is 12.9. The number of rotatable bonds is 8. The van der Waals surface area contributed by atoms with E-state index in [4.69, 9.17) is 15.2 Å². The van der Waals surface area contributed by atoms with Crippen LogP contribution in [0.3, 0.4) is 0 Å². The van der Waals surface area contributed by atoms with Crippen molar-refractivity contribution in [2.75, 3.05) is 13.2 Å². The minimum absolute atomic E-state index is 0.00884. The molecule has 0 fully saturated rings. The number of ether oxygens (including phenoxy) is 2. The summed E-state index contributed by atoms with van der Waals surface area (Å²) >= 11 is 0. The monoisotopic (exact) mass is 303 g/mol. The molecule has 22 heavy (non-hydrogen) atoms. The van der Waals surface area contributed by atoms with E-state index in [1.165, 1.54) is 19.1 Å². The van der Waals surface area contributed by atoms with Crippen LogP contribution in [-0.2, 0) is 14.3 Å². The van der Waals surface area contributed by atoms with Crippen molar-refractivity contribution in [1.29, 1.82) is 0 Å². The van der Waals surface area contributed by atoms with E-state index in [1.807, 2.05) is 24.3 Å². The number of carbonyl (C=O) groups excluding carboxylic acids is 2. The molecule has 1 rings (SSSR count). The SMILES string of the molecule is CC(=O)C=Cc1ccc(OCCCOC(=O)C=C(C)N)cc1. The lowest BCUT2D eigenvalue weighted by Gasteiger charge is -2.06. The maximum absolute atomic E-state index is 11.2. The summed E-state index contributed by atoms with van der Waals surface area (Å²) in [5.74, 6) is 0.292. The number of hydrogen-bond acceptors (Lipinski definition) is 5. The number of benzene rings is 1. The normalized spacial score (nSPS) is 11.5. The lowest BCUT2D eigenvalue weighted by atomic mass is 10.2. The van der Waals surface area contributed by atoms with Gasteiger partial charge in [0.1, 0.15) is 5.75 Å². The average molecular weight is 303 g/mol. The summed E-state index contributed by atoms with van der Waals surface area (Å²) in [6, 6.07) is 7.38. The first-order chi connectivity index (χ1) is 10.5. The molecule has 0 saturated carbocycles. The molecule has 0 aromatic heterocycles. The van der Waals surface area contributed by atoms with Crippen LogP contribution < -0.4 is 10.5 Å². The molecule has 0 radical (unpaired) electrons. The van der Waals surface area contributed by atoms with Gasteiger partial charge in [0.15, 0.2) is 5.78 Å². The molecule has 5 nitrogen and oxygen atoms in total. The molecule has 0 atom stereocenters.